The number of methoxy groups -OCH3 is 2. The zero-order valence-electron chi connectivity index (χ0n) is 15.3. The molecule has 0 radical (unpaired) electrons. The summed E-state index contributed by atoms with van der Waals surface area (Å²) < 4.78 is 48.2. The highest BCUT2D eigenvalue weighted by Gasteiger charge is 2.46. The van der Waals surface area contributed by atoms with Gasteiger partial charge in [0.2, 0.25) is 5.88 Å². The zero-order valence-corrected chi connectivity index (χ0v) is 15.3. The normalized spacial score (nSPS) is 24.0. The molecular formula is C17H21F3N2O6. The number of carboxylic acid groups (broad SMARTS) is 1. The molecule has 28 heavy (non-hydrogen) atoms. The summed E-state index contributed by atoms with van der Waals surface area (Å²) in [6.45, 7) is 1.28. The Labute approximate surface area is 159 Å². The average Bonchev–Trinajstić information content (AvgIpc) is 3.06. The van der Waals surface area contributed by atoms with Crippen LogP contribution in [0.3, 0.4) is 0 Å². The Balaban J connectivity index is 0.000000345. The second-order valence-electron chi connectivity index (χ2n) is 6.14. The third kappa shape index (κ3) is 4.90. The molecule has 2 fully saturated rings. The third-order valence-corrected chi connectivity index (χ3v) is 4.48. The quantitative estimate of drug-likeness (QED) is 0.817. The van der Waals surface area contributed by atoms with Crippen molar-refractivity contribution in [2.45, 2.75) is 37.3 Å². The molecule has 156 valence electrons. The summed E-state index contributed by atoms with van der Waals surface area (Å²) in [5, 5.41) is 7.12. The molecule has 0 aliphatic carbocycles. The number of amides is 1. The lowest BCUT2D eigenvalue weighted by atomic mass is 10.0. The van der Waals surface area contributed by atoms with Crippen molar-refractivity contribution in [3.8, 4) is 5.88 Å². The number of hydrogen-bond acceptors (Lipinski definition) is 6. The number of carbonyl (C=O) groups is 2. The summed E-state index contributed by atoms with van der Waals surface area (Å²) >= 11 is 0. The molecular weight excluding hydrogens is 385 g/mol. The van der Waals surface area contributed by atoms with Gasteiger partial charge in [-0.1, -0.05) is 0 Å². The van der Waals surface area contributed by atoms with E-state index in [0.29, 0.717) is 18.0 Å². The van der Waals surface area contributed by atoms with Gasteiger partial charge in [-0.3, -0.25) is 4.79 Å². The summed E-state index contributed by atoms with van der Waals surface area (Å²) in [6.07, 6.45) is -1.66. The number of alkyl halides is 3. The van der Waals surface area contributed by atoms with Crippen LogP contribution in [0.1, 0.15) is 23.2 Å². The Kier molecular flexibility index (Phi) is 7.19. The Morgan fingerprint density at radius 3 is 2.61 bits per heavy atom. The van der Waals surface area contributed by atoms with E-state index in [2.05, 4.69) is 4.98 Å². The third-order valence-electron chi connectivity index (χ3n) is 4.48. The molecule has 1 N–H and O–H groups in total. The Morgan fingerprint density at radius 1 is 1.36 bits per heavy atom. The van der Waals surface area contributed by atoms with E-state index < -0.39 is 12.1 Å². The molecule has 0 bridgehead atoms. The molecule has 1 aromatic heterocycles. The molecule has 0 aromatic carbocycles. The first kappa shape index (κ1) is 21.9. The molecule has 3 rings (SSSR count). The number of likely N-dealkylation sites (tertiary alicyclic amines) is 1. The van der Waals surface area contributed by atoms with Crippen LogP contribution in [0.15, 0.2) is 18.3 Å². The van der Waals surface area contributed by atoms with Crippen molar-refractivity contribution in [2.75, 3.05) is 27.4 Å². The fourth-order valence-electron chi connectivity index (χ4n) is 3.22. The molecule has 2 aliphatic heterocycles. The number of nitrogens with zero attached hydrogens (tertiary/aromatic N) is 2. The fourth-order valence-corrected chi connectivity index (χ4v) is 3.22. The molecule has 11 heteroatoms. The van der Waals surface area contributed by atoms with Crippen molar-refractivity contribution in [1.29, 1.82) is 0 Å². The highest BCUT2D eigenvalue weighted by Crippen LogP contribution is 2.32. The number of ether oxygens (including phenoxy) is 3. The highest BCUT2D eigenvalue weighted by atomic mass is 19.4. The van der Waals surface area contributed by atoms with Gasteiger partial charge in [-0.25, -0.2) is 9.78 Å². The Morgan fingerprint density at radius 2 is 2.04 bits per heavy atom. The van der Waals surface area contributed by atoms with E-state index in [0.717, 1.165) is 19.4 Å². The van der Waals surface area contributed by atoms with E-state index in [-0.39, 0.29) is 24.2 Å². The van der Waals surface area contributed by atoms with Gasteiger partial charge in [0.25, 0.3) is 5.91 Å². The molecule has 2 saturated heterocycles. The number of carbonyl (C=O) groups excluding carboxylic acids is 1. The number of halogens is 3. The van der Waals surface area contributed by atoms with Gasteiger partial charge in [0.1, 0.15) is 17.8 Å². The summed E-state index contributed by atoms with van der Waals surface area (Å²) in [5.74, 6) is -2.47. The SMILES string of the molecule is COc1ncccc1C(=O)N1C[C@@H](OC)[C@H]2OCCC[C@H]21.O=C(O)C(F)(F)F. The summed E-state index contributed by atoms with van der Waals surface area (Å²) in [7, 11) is 3.19. The van der Waals surface area contributed by atoms with E-state index in [1.165, 1.54) is 7.11 Å². The Hall–Kier alpha value is -2.40. The van der Waals surface area contributed by atoms with Crippen LogP contribution < -0.4 is 4.74 Å². The minimum atomic E-state index is -5.08. The second-order valence-corrected chi connectivity index (χ2v) is 6.14. The van der Waals surface area contributed by atoms with Crippen molar-refractivity contribution < 1.29 is 42.1 Å². The van der Waals surface area contributed by atoms with E-state index in [1.807, 2.05) is 4.90 Å². The van der Waals surface area contributed by atoms with Crippen LogP contribution in [0, 0.1) is 0 Å². The number of aromatic nitrogens is 1. The van der Waals surface area contributed by atoms with Gasteiger partial charge in [-0.2, -0.15) is 13.2 Å². The first-order valence-corrected chi connectivity index (χ1v) is 8.45. The van der Waals surface area contributed by atoms with Gasteiger partial charge in [0.15, 0.2) is 0 Å². The maximum atomic E-state index is 12.8. The molecule has 8 nitrogen and oxygen atoms in total. The number of aliphatic carboxylic acids is 1. The van der Waals surface area contributed by atoms with Crippen molar-refractivity contribution >= 4 is 11.9 Å². The van der Waals surface area contributed by atoms with Crippen molar-refractivity contribution in [2.24, 2.45) is 0 Å². The first-order chi connectivity index (χ1) is 13.2. The van der Waals surface area contributed by atoms with E-state index in [1.54, 1.807) is 25.4 Å². The second kappa shape index (κ2) is 9.20. The number of hydrogen-bond donors (Lipinski definition) is 1. The topological polar surface area (TPSA) is 98.2 Å². The number of fused-ring (bicyclic) bond motifs is 1. The molecule has 1 aromatic rings. The van der Waals surface area contributed by atoms with Gasteiger partial charge >= 0.3 is 12.1 Å². The number of carboxylic acids is 1. The molecule has 1 amide bonds. The van der Waals surface area contributed by atoms with Gasteiger partial charge < -0.3 is 24.2 Å². The predicted molar refractivity (Wildman–Crippen MR) is 89.1 cm³/mol. The lowest BCUT2D eigenvalue weighted by molar-refractivity contribution is -0.192. The number of pyridine rings is 1. The van der Waals surface area contributed by atoms with Crippen LogP contribution in [-0.2, 0) is 14.3 Å². The molecule has 3 heterocycles. The highest BCUT2D eigenvalue weighted by molar-refractivity contribution is 5.96. The van der Waals surface area contributed by atoms with Crippen LogP contribution >= 0.6 is 0 Å². The lowest BCUT2D eigenvalue weighted by Gasteiger charge is -2.32. The molecule has 2 aliphatic rings. The van der Waals surface area contributed by atoms with Crippen LogP contribution in [0.25, 0.3) is 0 Å². The predicted octanol–water partition coefficient (Wildman–Crippen LogP) is 1.74. The van der Waals surface area contributed by atoms with Gasteiger partial charge in [0, 0.05) is 19.9 Å². The summed E-state index contributed by atoms with van der Waals surface area (Å²) in [4.78, 5) is 27.7. The Bertz CT molecular complexity index is 700. The first-order valence-electron chi connectivity index (χ1n) is 8.45. The maximum Gasteiger partial charge on any atom is 0.490 e. The van der Waals surface area contributed by atoms with Crippen molar-refractivity contribution in [1.82, 2.24) is 9.88 Å². The summed E-state index contributed by atoms with van der Waals surface area (Å²) in [6, 6.07) is 3.56. The lowest BCUT2D eigenvalue weighted by Crippen LogP contribution is -2.43. The van der Waals surface area contributed by atoms with E-state index >= 15 is 0 Å². The van der Waals surface area contributed by atoms with Crippen molar-refractivity contribution in [3.63, 3.8) is 0 Å². The molecule has 0 spiro atoms. The van der Waals surface area contributed by atoms with Crippen LogP contribution in [0.4, 0.5) is 13.2 Å². The van der Waals surface area contributed by atoms with Crippen LogP contribution in [0.2, 0.25) is 0 Å². The van der Waals surface area contributed by atoms with E-state index in [9.17, 15) is 18.0 Å². The zero-order chi connectivity index (χ0) is 20.9. The van der Waals surface area contributed by atoms with Gasteiger partial charge in [-0.15, -0.1) is 0 Å². The maximum absolute atomic E-state index is 12.8. The monoisotopic (exact) mass is 406 g/mol. The van der Waals surface area contributed by atoms with Crippen LogP contribution in [-0.4, -0.2) is 78.7 Å². The molecule has 0 unspecified atom stereocenters. The van der Waals surface area contributed by atoms with Crippen LogP contribution in [0.5, 0.6) is 5.88 Å². The minimum Gasteiger partial charge on any atom is -0.480 e. The molecule has 3 atom stereocenters. The number of rotatable bonds is 3. The average molecular weight is 406 g/mol. The smallest absolute Gasteiger partial charge is 0.480 e. The van der Waals surface area contributed by atoms with Crippen molar-refractivity contribution in [3.05, 3.63) is 23.9 Å². The largest absolute Gasteiger partial charge is 0.490 e. The molecule has 0 saturated carbocycles. The fraction of sp³-hybridized carbons (Fsp3) is 0.588. The standard InChI is InChI=1S/C15H20N2O4.C2HF3O2/c1-19-12-9-17(11-6-4-8-21-13(11)12)15(18)10-5-3-7-16-14(10)20-2;3-2(4,5)1(6)7/h3,5,7,11-13H,4,6,8-9H2,1-2H3;(H,6,7)/t11-,12-,13+;/m1./s1. The summed E-state index contributed by atoms with van der Waals surface area (Å²) in [5.41, 5.74) is 0.487. The van der Waals surface area contributed by atoms with E-state index in [4.69, 9.17) is 24.1 Å². The van der Waals surface area contributed by atoms with Gasteiger partial charge in [-0.05, 0) is 25.0 Å². The van der Waals surface area contributed by atoms with Gasteiger partial charge in [0.05, 0.1) is 19.7 Å². The minimum absolute atomic E-state index is 0.0321.